The molecule has 0 aromatic heterocycles. The van der Waals surface area contributed by atoms with Crippen LogP contribution in [0.3, 0.4) is 0 Å². The molecule has 0 aliphatic carbocycles. The van der Waals surface area contributed by atoms with E-state index in [1.54, 1.807) is 6.92 Å². The molecule has 1 N–H and O–H groups in total. The summed E-state index contributed by atoms with van der Waals surface area (Å²) in [6, 6.07) is 13.6. The first-order valence-corrected chi connectivity index (χ1v) is 9.32. The van der Waals surface area contributed by atoms with Crippen LogP contribution >= 0.6 is 0 Å². The van der Waals surface area contributed by atoms with Gasteiger partial charge in [-0.3, -0.25) is 14.9 Å². The zero-order valence-corrected chi connectivity index (χ0v) is 16.4. The largest absolute Gasteiger partial charge is 0.487 e. The van der Waals surface area contributed by atoms with Crippen LogP contribution < -0.4 is 10.1 Å². The van der Waals surface area contributed by atoms with Crippen molar-refractivity contribution in [1.29, 1.82) is 0 Å². The Kier molecular flexibility index (Phi) is 8.14. The summed E-state index contributed by atoms with van der Waals surface area (Å²) in [7, 11) is 0. The van der Waals surface area contributed by atoms with Gasteiger partial charge in [0.05, 0.1) is 17.1 Å². The third-order valence-corrected chi connectivity index (χ3v) is 4.14. The fourth-order valence-electron chi connectivity index (χ4n) is 2.70. The molecule has 8 nitrogen and oxygen atoms in total. The van der Waals surface area contributed by atoms with E-state index in [0.717, 1.165) is 18.9 Å². The van der Waals surface area contributed by atoms with Crippen molar-refractivity contribution >= 4 is 17.6 Å². The molecule has 154 valence electrons. The van der Waals surface area contributed by atoms with Gasteiger partial charge in [0.2, 0.25) is 0 Å². The van der Waals surface area contributed by atoms with E-state index >= 15 is 0 Å². The van der Waals surface area contributed by atoms with Gasteiger partial charge < -0.3 is 14.8 Å². The average molecular weight is 400 g/mol. The van der Waals surface area contributed by atoms with Gasteiger partial charge >= 0.3 is 11.7 Å². The van der Waals surface area contributed by atoms with Gasteiger partial charge in [-0.15, -0.1) is 0 Å². The van der Waals surface area contributed by atoms with E-state index < -0.39 is 23.4 Å². The fraction of sp³-hybridized carbons (Fsp3) is 0.333. The second kappa shape index (κ2) is 10.8. The lowest BCUT2D eigenvalue weighted by molar-refractivity contribution is -0.385. The highest BCUT2D eigenvalue weighted by molar-refractivity contribution is 5.92. The van der Waals surface area contributed by atoms with E-state index in [1.807, 2.05) is 37.3 Å². The number of nitrogens with zero attached hydrogens (tertiary/aromatic N) is 1. The van der Waals surface area contributed by atoms with E-state index in [2.05, 4.69) is 5.32 Å². The Morgan fingerprint density at radius 2 is 1.90 bits per heavy atom. The first-order valence-electron chi connectivity index (χ1n) is 9.32. The van der Waals surface area contributed by atoms with E-state index in [-0.39, 0.29) is 29.6 Å². The van der Waals surface area contributed by atoms with Gasteiger partial charge in [-0.25, -0.2) is 4.79 Å². The number of esters is 1. The van der Waals surface area contributed by atoms with Gasteiger partial charge in [0.25, 0.3) is 5.91 Å². The molecule has 0 bridgehead atoms. The lowest BCUT2D eigenvalue weighted by Gasteiger charge is -2.14. The molecule has 0 unspecified atom stereocenters. The van der Waals surface area contributed by atoms with Crippen LogP contribution in [0.4, 0.5) is 5.69 Å². The third kappa shape index (κ3) is 6.91. The average Bonchev–Trinajstić information content (AvgIpc) is 2.71. The summed E-state index contributed by atoms with van der Waals surface area (Å²) >= 11 is 0. The SMILES string of the molecule is CCOc1ccc(C(=O)OCC(=O)N[C@H](C)CCc2ccccc2)cc1[N+](=O)[O-]. The second-order valence-electron chi connectivity index (χ2n) is 6.44. The maximum absolute atomic E-state index is 12.1. The van der Waals surface area contributed by atoms with Crippen LogP contribution in [0.2, 0.25) is 0 Å². The lowest BCUT2D eigenvalue weighted by Crippen LogP contribution is -2.36. The van der Waals surface area contributed by atoms with Gasteiger partial charge in [0.15, 0.2) is 12.4 Å². The molecule has 0 radical (unpaired) electrons. The second-order valence-corrected chi connectivity index (χ2v) is 6.44. The van der Waals surface area contributed by atoms with Crippen LogP contribution in [0.5, 0.6) is 5.75 Å². The molecule has 0 heterocycles. The van der Waals surface area contributed by atoms with Gasteiger partial charge in [-0.2, -0.15) is 0 Å². The zero-order valence-electron chi connectivity index (χ0n) is 16.4. The first kappa shape index (κ1) is 21.9. The van der Waals surface area contributed by atoms with E-state index in [9.17, 15) is 19.7 Å². The zero-order chi connectivity index (χ0) is 21.2. The predicted molar refractivity (Wildman–Crippen MR) is 107 cm³/mol. The first-order chi connectivity index (χ1) is 13.9. The highest BCUT2D eigenvalue weighted by Gasteiger charge is 2.20. The van der Waals surface area contributed by atoms with Crippen LogP contribution in [0.15, 0.2) is 48.5 Å². The summed E-state index contributed by atoms with van der Waals surface area (Å²) in [6.45, 7) is 3.37. The molecule has 0 spiro atoms. The van der Waals surface area contributed by atoms with Crippen molar-refractivity contribution in [2.75, 3.05) is 13.2 Å². The third-order valence-electron chi connectivity index (χ3n) is 4.14. The number of hydrogen-bond acceptors (Lipinski definition) is 6. The van der Waals surface area contributed by atoms with Gasteiger partial charge in [0.1, 0.15) is 0 Å². The minimum atomic E-state index is -0.816. The quantitative estimate of drug-likeness (QED) is 0.372. The van der Waals surface area contributed by atoms with Gasteiger partial charge in [0, 0.05) is 12.1 Å². The number of carbonyl (C=O) groups is 2. The smallest absolute Gasteiger partial charge is 0.338 e. The van der Waals surface area contributed by atoms with Crippen LogP contribution in [0, 0.1) is 10.1 Å². The normalized spacial score (nSPS) is 11.4. The Hall–Kier alpha value is -3.42. The Morgan fingerprint density at radius 1 is 1.17 bits per heavy atom. The number of aryl methyl sites for hydroxylation is 1. The van der Waals surface area contributed by atoms with Gasteiger partial charge in [-0.05, 0) is 44.4 Å². The molecule has 0 saturated carbocycles. The molecule has 2 aromatic rings. The van der Waals surface area contributed by atoms with Crippen LogP contribution in [-0.2, 0) is 16.0 Å². The molecule has 2 aromatic carbocycles. The van der Waals surface area contributed by atoms with Crippen molar-refractivity contribution in [2.45, 2.75) is 32.7 Å². The monoisotopic (exact) mass is 400 g/mol. The lowest BCUT2D eigenvalue weighted by atomic mass is 10.1. The Bertz CT molecular complexity index is 854. The molecule has 2 rings (SSSR count). The minimum absolute atomic E-state index is 0.0231. The molecule has 8 heteroatoms. The molecule has 0 fully saturated rings. The van der Waals surface area contributed by atoms with Gasteiger partial charge in [-0.1, -0.05) is 30.3 Å². The standard InChI is InChI=1S/C21H24N2O6/c1-3-28-19-12-11-17(13-18(19)23(26)27)21(25)29-14-20(24)22-15(2)9-10-16-7-5-4-6-8-16/h4-8,11-13,15H,3,9-10,14H2,1-2H3,(H,22,24)/t15-/m1/s1. The van der Waals surface area contributed by atoms with E-state index in [0.29, 0.717) is 0 Å². The molecule has 0 aliphatic rings. The van der Waals surface area contributed by atoms with Crippen molar-refractivity contribution in [1.82, 2.24) is 5.32 Å². The van der Waals surface area contributed by atoms with Crippen molar-refractivity contribution < 1.29 is 24.0 Å². The van der Waals surface area contributed by atoms with Crippen molar-refractivity contribution in [2.24, 2.45) is 0 Å². The number of rotatable bonds is 10. The fourth-order valence-corrected chi connectivity index (χ4v) is 2.70. The maximum atomic E-state index is 12.1. The summed E-state index contributed by atoms with van der Waals surface area (Å²) in [5, 5.41) is 13.9. The summed E-state index contributed by atoms with van der Waals surface area (Å²) in [5.41, 5.74) is 0.822. The Labute approximate surface area is 169 Å². The number of ether oxygens (including phenoxy) is 2. The molecule has 0 aliphatic heterocycles. The number of nitro groups is 1. The highest BCUT2D eigenvalue weighted by atomic mass is 16.6. The topological polar surface area (TPSA) is 108 Å². The van der Waals surface area contributed by atoms with Crippen LogP contribution in [0.25, 0.3) is 0 Å². The Morgan fingerprint density at radius 3 is 2.55 bits per heavy atom. The molecule has 1 amide bonds. The van der Waals surface area contributed by atoms with Crippen molar-refractivity contribution in [3.8, 4) is 5.75 Å². The number of nitrogens with one attached hydrogen (secondary N) is 1. The Balaban J connectivity index is 1.84. The minimum Gasteiger partial charge on any atom is -0.487 e. The van der Waals surface area contributed by atoms with Crippen molar-refractivity contribution in [3.63, 3.8) is 0 Å². The van der Waals surface area contributed by atoms with Crippen LogP contribution in [0.1, 0.15) is 36.2 Å². The number of amides is 1. The number of benzene rings is 2. The highest BCUT2D eigenvalue weighted by Crippen LogP contribution is 2.28. The number of hydrogen-bond donors (Lipinski definition) is 1. The van der Waals surface area contributed by atoms with Crippen LogP contribution in [-0.4, -0.2) is 36.1 Å². The van der Waals surface area contributed by atoms with Crippen molar-refractivity contribution in [3.05, 3.63) is 69.8 Å². The van der Waals surface area contributed by atoms with E-state index in [1.165, 1.54) is 17.7 Å². The predicted octanol–water partition coefficient (Wildman–Crippen LogP) is 3.29. The molecule has 0 saturated heterocycles. The molecular formula is C21H24N2O6. The summed E-state index contributed by atoms with van der Waals surface area (Å²) in [5.74, 6) is -1.18. The summed E-state index contributed by atoms with van der Waals surface area (Å²) in [6.07, 6.45) is 1.56. The molecule has 1 atom stereocenters. The maximum Gasteiger partial charge on any atom is 0.338 e. The summed E-state index contributed by atoms with van der Waals surface area (Å²) in [4.78, 5) is 34.6. The molecular weight excluding hydrogens is 376 g/mol. The van der Waals surface area contributed by atoms with E-state index in [4.69, 9.17) is 9.47 Å². The molecule has 29 heavy (non-hydrogen) atoms. The number of nitro benzene ring substituents is 1. The number of carbonyl (C=O) groups excluding carboxylic acids is 2. The summed E-state index contributed by atoms with van der Waals surface area (Å²) < 4.78 is 10.1.